The van der Waals surface area contributed by atoms with E-state index >= 15 is 0 Å². The molecule has 1 aromatic carbocycles. The lowest BCUT2D eigenvalue weighted by Gasteiger charge is -2.57. The van der Waals surface area contributed by atoms with Crippen LogP contribution in [-0.4, -0.2) is 55.9 Å². The minimum atomic E-state index is -0.585. The lowest BCUT2D eigenvalue weighted by atomic mass is 9.53. The zero-order valence-electron chi connectivity index (χ0n) is 21.2. The number of rotatable bonds is 5. The molecule has 6 nitrogen and oxygen atoms in total. The van der Waals surface area contributed by atoms with E-state index in [-0.39, 0.29) is 0 Å². The predicted octanol–water partition coefficient (Wildman–Crippen LogP) is 5.19. The zero-order chi connectivity index (χ0) is 23.5. The number of morpholine rings is 1. The van der Waals surface area contributed by atoms with Crippen molar-refractivity contribution in [1.82, 2.24) is 4.90 Å². The molecule has 0 aromatic heterocycles. The Morgan fingerprint density at radius 2 is 1.77 bits per heavy atom. The summed E-state index contributed by atoms with van der Waals surface area (Å²) in [6.07, 6.45) is 10.6. The minimum absolute atomic E-state index is 0.405. The molecule has 6 heteroatoms. The molecular formula is C29H41NO5. The molecule has 2 aliphatic heterocycles. The molecule has 35 heavy (non-hydrogen) atoms. The third-order valence-corrected chi connectivity index (χ3v) is 10.1. The fourth-order valence-corrected chi connectivity index (χ4v) is 8.51. The van der Waals surface area contributed by atoms with Crippen LogP contribution in [0.25, 0.3) is 0 Å². The third kappa shape index (κ3) is 4.14. The third-order valence-electron chi connectivity index (χ3n) is 10.1. The molecule has 1 aromatic rings. The molecule has 7 aliphatic rings. The lowest BCUT2D eigenvalue weighted by molar-refractivity contribution is -0.390. The smallest absolute Gasteiger partial charge is 0.210 e. The molecule has 8 rings (SSSR count). The Kier molecular flexibility index (Phi) is 5.90. The Morgan fingerprint density at radius 1 is 1.00 bits per heavy atom. The second-order valence-electron chi connectivity index (χ2n) is 12.3. The van der Waals surface area contributed by atoms with Crippen LogP contribution in [0.4, 0.5) is 0 Å². The van der Waals surface area contributed by atoms with Gasteiger partial charge in [-0.05, 0) is 92.9 Å². The van der Waals surface area contributed by atoms with E-state index in [0.717, 1.165) is 76.1 Å². The first kappa shape index (κ1) is 23.0. The molecule has 5 saturated carbocycles. The number of hydrogen-bond acceptors (Lipinski definition) is 6. The maximum absolute atomic E-state index is 7.02. The first-order chi connectivity index (χ1) is 17.1. The van der Waals surface area contributed by atoms with Crippen molar-refractivity contribution in [1.29, 1.82) is 0 Å². The first-order valence-electron chi connectivity index (χ1n) is 14.2. The quantitative estimate of drug-likeness (QED) is 0.537. The second kappa shape index (κ2) is 8.98. The van der Waals surface area contributed by atoms with Crippen LogP contribution in [0.3, 0.4) is 0 Å². The molecule has 2 atom stereocenters. The van der Waals surface area contributed by atoms with Gasteiger partial charge in [-0.3, -0.25) is 4.90 Å². The van der Waals surface area contributed by atoms with Crippen molar-refractivity contribution in [2.24, 2.45) is 23.7 Å². The fraction of sp³-hybridized carbons (Fsp3) is 0.793. The van der Waals surface area contributed by atoms with Crippen LogP contribution in [0.15, 0.2) is 18.2 Å². The van der Waals surface area contributed by atoms with Gasteiger partial charge in [-0.25, -0.2) is 0 Å². The molecule has 7 fully saturated rings. The van der Waals surface area contributed by atoms with E-state index in [0.29, 0.717) is 24.4 Å². The van der Waals surface area contributed by atoms with Crippen LogP contribution in [0, 0.1) is 30.6 Å². The van der Waals surface area contributed by atoms with Gasteiger partial charge in [0.05, 0.1) is 13.2 Å². The number of benzene rings is 1. The fourth-order valence-electron chi connectivity index (χ4n) is 8.51. The summed E-state index contributed by atoms with van der Waals surface area (Å²) in [5.74, 6) is 3.13. The van der Waals surface area contributed by atoms with Crippen molar-refractivity contribution >= 4 is 0 Å². The zero-order valence-corrected chi connectivity index (χ0v) is 21.2. The van der Waals surface area contributed by atoms with Crippen LogP contribution in [0.2, 0.25) is 0 Å². The molecule has 1 unspecified atom stereocenters. The van der Waals surface area contributed by atoms with Crippen molar-refractivity contribution in [3.8, 4) is 5.75 Å². The van der Waals surface area contributed by atoms with Gasteiger partial charge >= 0.3 is 0 Å². The van der Waals surface area contributed by atoms with Crippen molar-refractivity contribution < 1.29 is 24.0 Å². The van der Waals surface area contributed by atoms with Gasteiger partial charge in [-0.2, -0.15) is 9.78 Å². The second-order valence-corrected chi connectivity index (χ2v) is 12.3. The highest BCUT2D eigenvalue weighted by molar-refractivity contribution is 5.37. The van der Waals surface area contributed by atoms with Crippen molar-refractivity contribution in [2.45, 2.75) is 82.2 Å². The molecule has 2 saturated heterocycles. The van der Waals surface area contributed by atoms with E-state index < -0.39 is 11.6 Å². The summed E-state index contributed by atoms with van der Waals surface area (Å²) in [5.41, 5.74) is 2.71. The minimum Gasteiger partial charge on any atom is -0.492 e. The Hall–Kier alpha value is -1.18. The maximum atomic E-state index is 7.02. The first-order valence-corrected chi connectivity index (χ1v) is 14.2. The molecule has 0 radical (unpaired) electrons. The highest BCUT2D eigenvalue weighted by Gasteiger charge is 2.67. The van der Waals surface area contributed by atoms with Crippen LogP contribution in [0.1, 0.15) is 74.8 Å². The van der Waals surface area contributed by atoms with Crippen molar-refractivity contribution in [2.75, 3.05) is 39.5 Å². The SMILES string of the molecule is Cc1ccc(OCCN2CCOCC2)cc1C1CCC[C@]2(C1)OOC1(O2)C2CC3CC(C2)CC1C3. The summed E-state index contributed by atoms with van der Waals surface area (Å²) in [5, 5.41) is 0. The van der Waals surface area contributed by atoms with Crippen molar-refractivity contribution in [3.63, 3.8) is 0 Å². The number of ether oxygens (including phenoxy) is 3. The van der Waals surface area contributed by atoms with E-state index in [2.05, 4.69) is 30.0 Å². The van der Waals surface area contributed by atoms with Gasteiger partial charge in [-0.1, -0.05) is 6.07 Å². The summed E-state index contributed by atoms with van der Waals surface area (Å²) < 4.78 is 18.7. The van der Waals surface area contributed by atoms with Gasteiger partial charge < -0.3 is 14.2 Å². The number of aryl methyl sites for hydroxylation is 1. The van der Waals surface area contributed by atoms with Crippen molar-refractivity contribution in [3.05, 3.63) is 29.3 Å². The van der Waals surface area contributed by atoms with Gasteiger partial charge in [0.15, 0.2) is 0 Å². The average molecular weight is 484 g/mol. The summed E-state index contributed by atoms with van der Waals surface area (Å²) >= 11 is 0. The molecule has 2 heterocycles. The summed E-state index contributed by atoms with van der Waals surface area (Å²) in [7, 11) is 0. The van der Waals surface area contributed by atoms with E-state index in [1.165, 1.54) is 43.2 Å². The van der Waals surface area contributed by atoms with Gasteiger partial charge in [-0.15, -0.1) is 0 Å². The van der Waals surface area contributed by atoms with Gasteiger partial charge in [0.2, 0.25) is 11.6 Å². The molecule has 0 N–H and O–H groups in total. The maximum Gasteiger partial charge on any atom is 0.210 e. The lowest BCUT2D eigenvalue weighted by Crippen LogP contribution is -2.59. The molecule has 4 bridgehead atoms. The van der Waals surface area contributed by atoms with Gasteiger partial charge in [0.1, 0.15) is 12.4 Å². The van der Waals surface area contributed by atoms with E-state index in [1.807, 2.05) is 0 Å². The predicted molar refractivity (Wildman–Crippen MR) is 131 cm³/mol. The van der Waals surface area contributed by atoms with E-state index in [1.54, 1.807) is 0 Å². The van der Waals surface area contributed by atoms with Crippen LogP contribution >= 0.6 is 0 Å². The molecule has 0 amide bonds. The van der Waals surface area contributed by atoms with E-state index in [9.17, 15) is 0 Å². The molecule has 192 valence electrons. The van der Waals surface area contributed by atoms with Crippen LogP contribution in [-0.2, 0) is 19.2 Å². The average Bonchev–Trinajstić information content (AvgIpc) is 3.23. The van der Waals surface area contributed by atoms with Gasteiger partial charge in [0, 0.05) is 44.3 Å². The highest BCUT2D eigenvalue weighted by atomic mass is 17.3. The summed E-state index contributed by atoms with van der Waals surface area (Å²) in [6.45, 7) is 7.54. The van der Waals surface area contributed by atoms with Gasteiger partial charge in [0.25, 0.3) is 0 Å². The molecule has 2 spiro atoms. The normalized spacial score (nSPS) is 42.8. The van der Waals surface area contributed by atoms with E-state index in [4.69, 9.17) is 24.0 Å². The summed E-state index contributed by atoms with van der Waals surface area (Å²) in [6, 6.07) is 6.60. The Morgan fingerprint density at radius 3 is 2.54 bits per heavy atom. The molecule has 5 aliphatic carbocycles. The Labute approximate surface area is 209 Å². The highest BCUT2D eigenvalue weighted by Crippen LogP contribution is 2.64. The standard InChI is InChI=1S/C29H41NO5/c1-20-4-5-26(32-12-9-30-7-10-31-11-8-30)18-27(20)23-3-2-6-28(19-23)33-29(35-34-28)24-14-21-13-22(16-24)17-25(29)15-21/h4-5,18,21-25H,2-3,6-17,19H2,1H3/t21?,22?,23?,24?,25?,28-,29?/m1/s1. The Bertz CT molecular complexity index is 902. The number of hydrogen-bond donors (Lipinski definition) is 0. The number of nitrogens with zero attached hydrogens (tertiary/aromatic N) is 1. The van der Waals surface area contributed by atoms with Crippen LogP contribution < -0.4 is 4.74 Å². The molecular weight excluding hydrogens is 442 g/mol. The van der Waals surface area contributed by atoms with Crippen LogP contribution in [0.5, 0.6) is 5.75 Å². The Balaban J connectivity index is 1.04. The largest absolute Gasteiger partial charge is 0.492 e. The topological polar surface area (TPSA) is 49.4 Å². The summed E-state index contributed by atoms with van der Waals surface area (Å²) in [4.78, 5) is 15.0. The monoisotopic (exact) mass is 483 g/mol.